The van der Waals surface area contributed by atoms with Crippen LogP contribution in [-0.2, 0) is 10.1 Å². The van der Waals surface area contributed by atoms with Crippen LogP contribution in [0, 0.1) is 6.92 Å². The van der Waals surface area contributed by atoms with Crippen molar-refractivity contribution in [1.29, 1.82) is 0 Å². The van der Waals surface area contributed by atoms with Gasteiger partial charge in [0.2, 0.25) is 5.78 Å². The van der Waals surface area contributed by atoms with Crippen LogP contribution in [0.1, 0.15) is 21.5 Å². The molecule has 1 aliphatic rings. The molecule has 4 rings (SSSR count). The lowest BCUT2D eigenvalue weighted by atomic mass is 10.1. The minimum absolute atomic E-state index is 0.0264. The number of ether oxygens (including phenoxy) is 1. The second-order valence-corrected chi connectivity index (χ2v) is 8.94. The van der Waals surface area contributed by atoms with E-state index in [9.17, 15) is 13.2 Å². The predicted molar refractivity (Wildman–Crippen MR) is 115 cm³/mol. The van der Waals surface area contributed by atoms with E-state index in [1.54, 1.807) is 30.3 Å². The van der Waals surface area contributed by atoms with Crippen LogP contribution in [0.4, 0.5) is 0 Å². The highest BCUT2D eigenvalue weighted by Crippen LogP contribution is 2.37. The highest BCUT2D eigenvalue weighted by molar-refractivity contribution is 7.87. The lowest BCUT2D eigenvalue weighted by molar-refractivity contribution is 0.101. The Morgan fingerprint density at radius 1 is 0.967 bits per heavy atom. The zero-order chi connectivity index (χ0) is 21.5. The number of hydrogen-bond donors (Lipinski definition) is 0. The number of Topliss-reactive ketones (excluding diaryl/α,β-unsaturated/α-hetero) is 1. The van der Waals surface area contributed by atoms with Crippen molar-refractivity contribution in [1.82, 2.24) is 0 Å². The van der Waals surface area contributed by atoms with Crippen LogP contribution in [0.25, 0.3) is 6.08 Å². The molecular formula is C22H14Cl2O5S. The van der Waals surface area contributed by atoms with Crippen LogP contribution in [0.2, 0.25) is 10.0 Å². The molecule has 0 bridgehead atoms. The molecule has 0 aromatic heterocycles. The number of carbonyl (C=O) groups excluding carboxylic acids is 1. The first-order chi connectivity index (χ1) is 14.2. The van der Waals surface area contributed by atoms with Crippen molar-refractivity contribution in [3.8, 4) is 11.5 Å². The van der Waals surface area contributed by atoms with Crippen LogP contribution >= 0.6 is 23.2 Å². The van der Waals surface area contributed by atoms with Crippen LogP contribution in [-0.4, -0.2) is 14.2 Å². The summed E-state index contributed by atoms with van der Waals surface area (Å²) in [5, 5.41) is 0.742. The zero-order valence-corrected chi connectivity index (χ0v) is 17.9. The Morgan fingerprint density at radius 3 is 2.30 bits per heavy atom. The quantitative estimate of drug-likeness (QED) is 0.369. The first-order valence-electron chi connectivity index (χ1n) is 8.78. The Labute approximate surface area is 183 Å². The normalized spacial score (nSPS) is 14.5. The molecule has 1 heterocycles. The van der Waals surface area contributed by atoms with Crippen molar-refractivity contribution in [2.75, 3.05) is 0 Å². The number of fused-ring (bicyclic) bond motifs is 1. The van der Waals surface area contributed by atoms with Gasteiger partial charge in [0.1, 0.15) is 16.4 Å². The molecular weight excluding hydrogens is 447 g/mol. The van der Waals surface area contributed by atoms with E-state index in [4.69, 9.17) is 32.1 Å². The smallest absolute Gasteiger partial charge is 0.339 e. The van der Waals surface area contributed by atoms with Crippen molar-refractivity contribution in [3.63, 3.8) is 0 Å². The first kappa shape index (κ1) is 20.5. The Balaban J connectivity index is 1.62. The first-order valence-corrected chi connectivity index (χ1v) is 10.9. The van der Waals surface area contributed by atoms with Gasteiger partial charge in [-0.05, 0) is 49.4 Å². The number of carbonyl (C=O) groups is 1. The number of allylic oxidation sites excluding steroid dienone is 1. The Bertz CT molecular complexity index is 1280. The monoisotopic (exact) mass is 460 g/mol. The van der Waals surface area contributed by atoms with Gasteiger partial charge >= 0.3 is 10.1 Å². The number of halogens is 2. The molecule has 152 valence electrons. The zero-order valence-electron chi connectivity index (χ0n) is 15.6. The molecule has 30 heavy (non-hydrogen) atoms. The summed E-state index contributed by atoms with van der Waals surface area (Å²) < 4.78 is 35.8. The van der Waals surface area contributed by atoms with Gasteiger partial charge in [0.25, 0.3) is 0 Å². The highest BCUT2D eigenvalue weighted by Gasteiger charge is 2.29. The molecule has 0 N–H and O–H groups in total. The van der Waals surface area contributed by atoms with Crippen molar-refractivity contribution < 1.29 is 22.1 Å². The van der Waals surface area contributed by atoms with Gasteiger partial charge in [0.05, 0.1) is 5.56 Å². The Kier molecular flexibility index (Phi) is 5.32. The van der Waals surface area contributed by atoms with Gasteiger partial charge in [-0.25, -0.2) is 0 Å². The molecule has 0 saturated carbocycles. The van der Waals surface area contributed by atoms with E-state index in [0.717, 1.165) is 5.56 Å². The van der Waals surface area contributed by atoms with E-state index < -0.39 is 10.1 Å². The van der Waals surface area contributed by atoms with E-state index in [1.807, 2.05) is 6.92 Å². The fourth-order valence-electron chi connectivity index (χ4n) is 2.88. The van der Waals surface area contributed by atoms with E-state index in [1.165, 1.54) is 36.4 Å². The van der Waals surface area contributed by atoms with Crippen LogP contribution in [0.5, 0.6) is 11.5 Å². The summed E-state index contributed by atoms with van der Waals surface area (Å²) in [4.78, 5) is 12.7. The van der Waals surface area contributed by atoms with E-state index >= 15 is 0 Å². The predicted octanol–water partition coefficient (Wildman–Crippen LogP) is 5.69. The molecule has 0 saturated heterocycles. The maximum absolute atomic E-state index is 12.6. The number of hydrogen-bond acceptors (Lipinski definition) is 5. The maximum Gasteiger partial charge on any atom is 0.339 e. The van der Waals surface area contributed by atoms with Crippen LogP contribution < -0.4 is 8.92 Å². The van der Waals surface area contributed by atoms with Crippen molar-refractivity contribution >= 4 is 45.2 Å². The SMILES string of the molecule is Cc1ccc(S(=O)(=O)Oc2ccc3c(c2)O/C(=C\c2c(Cl)cccc2Cl)C3=O)cc1. The van der Waals surface area contributed by atoms with Crippen molar-refractivity contribution in [2.45, 2.75) is 11.8 Å². The summed E-state index contributed by atoms with van der Waals surface area (Å²) in [6.45, 7) is 1.85. The number of aryl methyl sites for hydroxylation is 1. The van der Waals surface area contributed by atoms with E-state index in [-0.39, 0.29) is 33.5 Å². The fourth-order valence-corrected chi connectivity index (χ4v) is 4.31. The second kappa shape index (κ2) is 7.80. The number of benzene rings is 3. The standard InChI is InChI=1S/C22H14Cl2O5S/c1-13-5-8-15(9-6-13)30(26,27)29-14-7-10-16-20(11-14)28-21(22(16)25)12-17-18(23)3-2-4-19(17)24/h2-12H,1H3/b21-12-. The van der Waals surface area contributed by atoms with Gasteiger partial charge in [-0.2, -0.15) is 8.42 Å². The topological polar surface area (TPSA) is 69.7 Å². The average molecular weight is 461 g/mol. The van der Waals surface area contributed by atoms with Gasteiger partial charge in [-0.1, -0.05) is 47.0 Å². The molecule has 0 unspecified atom stereocenters. The third-order valence-electron chi connectivity index (χ3n) is 4.43. The summed E-state index contributed by atoms with van der Waals surface area (Å²) >= 11 is 12.3. The lowest BCUT2D eigenvalue weighted by Gasteiger charge is -2.08. The molecule has 3 aromatic rings. The van der Waals surface area contributed by atoms with Crippen molar-refractivity contribution in [3.05, 3.63) is 93.2 Å². The summed E-state index contributed by atoms with van der Waals surface area (Å²) in [7, 11) is -4.02. The summed E-state index contributed by atoms with van der Waals surface area (Å²) in [6, 6.07) is 15.5. The summed E-state index contributed by atoms with van der Waals surface area (Å²) in [5.74, 6) is -0.127. The van der Waals surface area contributed by atoms with Crippen LogP contribution in [0.3, 0.4) is 0 Å². The third-order valence-corrected chi connectivity index (χ3v) is 6.35. The van der Waals surface area contributed by atoms with Gasteiger partial charge in [-0.3, -0.25) is 4.79 Å². The summed E-state index contributed by atoms with van der Waals surface area (Å²) in [6.07, 6.45) is 1.45. The molecule has 0 atom stereocenters. The largest absolute Gasteiger partial charge is 0.452 e. The van der Waals surface area contributed by atoms with Gasteiger partial charge in [0, 0.05) is 21.7 Å². The molecule has 0 radical (unpaired) electrons. The molecule has 3 aromatic carbocycles. The van der Waals surface area contributed by atoms with Gasteiger partial charge in [-0.15, -0.1) is 0 Å². The van der Waals surface area contributed by atoms with Gasteiger partial charge < -0.3 is 8.92 Å². The van der Waals surface area contributed by atoms with Crippen LogP contribution in [0.15, 0.2) is 71.3 Å². The number of rotatable bonds is 4. The molecule has 0 aliphatic carbocycles. The average Bonchev–Trinajstić information content (AvgIpc) is 3.00. The molecule has 1 aliphatic heterocycles. The number of ketones is 1. The molecule has 5 nitrogen and oxygen atoms in total. The van der Waals surface area contributed by atoms with Crippen molar-refractivity contribution in [2.24, 2.45) is 0 Å². The summed E-state index contributed by atoms with van der Waals surface area (Å²) in [5.41, 5.74) is 1.66. The minimum Gasteiger partial charge on any atom is -0.452 e. The second-order valence-electron chi connectivity index (χ2n) is 6.58. The molecule has 8 heteroatoms. The third kappa shape index (κ3) is 3.94. The highest BCUT2D eigenvalue weighted by atomic mass is 35.5. The molecule has 0 fully saturated rings. The Morgan fingerprint density at radius 2 is 1.63 bits per heavy atom. The van der Waals surface area contributed by atoms with E-state index in [2.05, 4.69) is 0 Å². The molecule has 0 spiro atoms. The lowest BCUT2D eigenvalue weighted by Crippen LogP contribution is -2.09. The minimum atomic E-state index is -4.02. The van der Waals surface area contributed by atoms with E-state index in [0.29, 0.717) is 15.6 Å². The maximum atomic E-state index is 12.6. The fraction of sp³-hybridized carbons (Fsp3) is 0.0455. The molecule has 0 amide bonds. The Hall–Kier alpha value is -2.80. The van der Waals surface area contributed by atoms with Gasteiger partial charge in [0.15, 0.2) is 5.76 Å².